The average molecular weight is 371 g/mol. The third kappa shape index (κ3) is 3.04. The van der Waals surface area contributed by atoms with Crippen LogP contribution in [0.5, 0.6) is 5.75 Å². The minimum Gasteiger partial charge on any atom is -0.495 e. The zero-order chi connectivity index (χ0) is 19.5. The van der Waals surface area contributed by atoms with E-state index in [9.17, 15) is 10.5 Å². The number of nitriles is 2. The fraction of sp³-hybridized carbons (Fsp3) is 0.238. The van der Waals surface area contributed by atoms with Gasteiger partial charge in [0.25, 0.3) is 5.89 Å². The number of hydrogen-bond donors (Lipinski definition) is 0. The third-order valence-electron chi connectivity index (χ3n) is 4.87. The van der Waals surface area contributed by atoms with Gasteiger partial charge in [-0.05, 0) is 36.6 Å². The average Bonchev–Trinajstić information content (AvgIpc) is 3.42. The summed E-state index contributed by atoms with van der Waals surface area (Å²) in [4.78, 5) is 6.21. The molecule has 0 bridgehead atoms. The van der Waals surface area contributed by atoms with Crippen molar-refractivity contribution in [1.29, 1.82) is 10.5 Å². The smallest absolute Gasteiger partial charge is 0.261 e. The molecular formula is C21H17N5O2. The molecule has 1 aromatic heterocycles. The van der Waals surface area contributed by atoms with Gasteiger partial charge in [0.15, 0.2) is 12.0 Å². The largest absolute Gasteiger partial charge is 0.495 e. The van der Waals surface area contributed by atoms with Crippen molar-refractivity contribution in [1.82, 2.24) is 15.0 Å². The minimum absolute atomic E-state index is 0.149. The van der Waals surface area contributed by atoms with Crippen molar-refractivity contribution in [3.8, 4) is 40.6 Å². The summed E-state index contributed by atoms with van der Waals surface area (Å²) in [5, 5.41) is 22.5. The van der Waals surface area contributed by atoms with E-state index in [0.717, 1.165) is 24.0 Å². The monoisotopic (exact) mass is 371 g/mol. The van der Waals surface area contributed by atoms with Crippen LogP contribution in [0.15, 0.2) is 47.0 Å². The molecule has 0 amide bonds. The van der Waals surface area contributed by atoms with E-state index in [1.54, 1.807) is 18.1 Å². The molecule has 1 atom stereocenters. The van der Waals surface area contributed by atoms with Gasteiger partial charge in [0.2, 0.25) is 0 Å². The van der Waals surface area contributed by atoms with E-state index in [1.165, 1.54) is 0 Å². The van der Waals surface area contributed by atoms with Crippen LogP contribution in [0.3, 0.4) is 0 Å². The van der Waals surface area contributed by atoms with Crippen molar-refractivity contribution < 1.29 is 9.26 Å². The number of hydrogen-bond acceptors (Lipinski definition) is 7. The van der Waals surface area contributed by atoms with E-state index >= 15 is 0 Å². The lowest BCUT2D eigenvalue weighted by Gasteiger charge is -2.13. The Bertz CT molecular complexity index is 1090. The molecule has 138 valence electrons. The van der Waals surface area contributed by atoms with Gasteiger partial charge in [0.05, 0.1) is 24.3 Å². The van der Waals surface area contributed by atoms with Crippen LogP contribution in [0.4, 0.5) is 0 Å². The second kappa shape index (κ2) is 7.42. The Labute approximate surface area is 162 Å². The quantitative estimate of drug-likeness (QED) is 0.641. The standard InChI is InChI=1S/C21H17N5O2/c1-27-19-16(15-6-2-5-14(11-15)12-22)7-3-8-17(19)21-24-20(25-28-21)18-9-4-10-26(18)13-23/h2-3,5-8,11,18H,4,9-10H2,1H3. The molecule has 0 spiro atoms. The lowest BCUT2D eigenvalue weighted by molar-refractivity contribution is 0.338. The van der Waals surface area contributed by atoms with Crippen LogP contribution in [0.25, 0.3) is 22.6 Å². The molecule has 2 heterocycles. The van der Waals surface area contributed by atoms with Gasteiger partial charge in [-0.2, -0.15) is 15.5 Å². The third-order valence-corrected chi connectivity index (χ3v) is 4.87. The van der Waals surface area contributed by atoms with Crippen molar-refractivity contribution in [2.45, 2.75) is 18.9 Å². The minimum atomic E-state index is -0.149. The number of benzene rings is 2. The maximum Gasteiger partial charge on any atom is 0.261 e. The Morgan fingerprint density at radius 3 is 2.79 bits per heavy atom. The molecule has 1 aliphatic heterocycles. The number of likely N-dealkylation sites (tertiary alicyclic amines) is 1. The summed E-state index contributed by atoms with van der Waals surface area (Å²) in [5.41, 5.74) is 2.94. The molecule has 0 aliphatic carbocycles. The molecule has 28 heavy (non-hydrogen) atoms. The van der Waals surface area contributed by atoms with Crippen LogP contribution in [0.1, 0.15) is 30.3 Å². The van der Waals surface area contributed by atoms with Gasteiger partial charge in [0, 0.05) is 12.1 Å². The van der Waals surface area contributed by atoms with E-state index in [4.69, 9.17) is 9.26 Å². The van der Waals surface area contributed by atoms with Gasteiger partial charge >= 0.3 is 0 Å². The Morgan fingerprint density at radius 1 is 1.18 bits per heavy atom. The Kier molecular flexibility index (Phi) is 4.65. The van der Waals surface area contributed by atoms with Crippen LogP contribution >= 0.6 is 0 Å². The summed E-state index contributed by atoms with van der Waals surface area (Å²) >= 11 is 0. The zero-order valence-electron chi connectivity index (χ0n) is 15.3. The van der Waals surface area contributed by atoms with Gasteiger partial charge in [-0.1, -0.05) is 29.4 Å². The topological polar surface area (TPSA) is 99.0 Å². The van der Waals surface area contributed by atoms with E-state index in [1.807, 2.05) is 36.4 Å². The van der Waals surface area contributed by atoms with Crippen molar-refractivity contribution in [3.63, 3.8) is 0 Å². The van der Waals surface area contributed by atoms with E-state index in [2.05, 4.69) is 22.4 Å². The molecule has 0 N–H and O–H groups in total. The van der Waals surface area contributed by atoms with Crippen molar-refractivity contribution in [3.05, 3.63) is 53.9 Å². The summed E-state index contributed by atoms with van der Waals surface area (Å²) in [5.74, 6) is 1.44. The number of aromatic nitrogens is 2. The summed E-state index contributed by atoms with van der Waals surface area (Å²) in [6.07, 6.45) is 3.94. The Balaban J connectivity index is 1.75. The van der Waals surface area contributed by atoms with Crippen LogP contribution in [-0.2, 0) is 0 Å². The number of rotatable bonds is 4. The highest BCUT2D eigenvalue weighted by atomic mass is 16.5. The van der Waals surface area contributed by atoms with E-state index in [0.29, 0.717) is 35.1 Å². The molecule has 7 heteroatoms. The SMILES string of the molecule is COc1c(-c2cccc(C#N)c2)cccc1-c1nc(C2CCCN2C#N)no1. The first kappa shape index (κ1) is 17.6. The van der Waals surface area contributed by atoms with Gasteiger partial charge < -0.3 is 9.26 Å². The van der Waals surface area contributed by atoms with Crippen LogP contribution < -0.4 is 4.74 Å². The molecule has 1 saturated heterocycles. The van der Waals surface area contributed by atoms with Gasteiger partial charge in [0.1, 0.15) is 11.8 Å². The normalized spacial score (nSPS) is 15.8. The maximum absolute atomic E-state index is 9.26. The summed E-state index contributed by atoms with van der Waals surface area (Å²) in [6, 6.07) is 15.0. The summed E-state index contributed by atoms with van der Waals surface area (Å²) in [7, 11) is 1.59. The van der Waals surface area contributed by atoms with E-state index in [-0.39, 0.29) is 6.04 Å². The molecule has 1 fully saturated rings. The molecule has 4 rings (SSSR count). The fourth-order valence-corrected chi connectivity index (χ4v) is 3.54. The van der Waals surface area contributed by atoms with Crippen molar-refractivity contribution in [2.24, 2.45) is 0 Å². The van der Waals surface area contributed by atoms with Crippen LogP contribution in [0, 0.1) is 22.8 Å². The summed E-state index contributed by atoms with van der Waals surface area (Å²) < 4.78 is 11.2. The highest BCUT2D eigenvalue weighted by molar-refractivity contribution is 5.80. The molecule has 0 saturated carbocycles. The fourth-order valence-electron chi connectivity index (χ4n) is 3.54. The van der Waals surface area contributed by atoms with Crippen LogP contribution in [0.2, 0.25) is 0 Å². The first-order valence-corrected chi connectivity index (χ1v) is 8.93. The predicted octanol–water partition coefficient (Wildman–Crippen LogP) is 3.90. The van der Waals surface area contributed by atoms with Crippen molar-refractivity contribution >= 4 is 0 Å². The lowest BCUT2D eigenvalue weighted by Crippen LogP contribution is -2.17. The van der Waals surface area contributed by atoms with Gasteiger partial charge in [-0.15, -0.1) is 0 Å². The molecule has 2 aromatic carbocycles. The molecule has 1 aliphatic rings. The number of ether oxygens (including phenoxy) is 1. The first-order chi connectivity index (χ1) is 13.7. The zero-order valence-corrected chi connectivity index (χ0v) is 15.3. The second-order valence-electron chi connectivity index (χ2n) is 6.49. The molecule has 0 radical (unpaired) electrons. The van der Waals surface area contributed by atoms with Crippen molar-refractivity contribution in [2.75, 3.05) is 13.7 Å². The highest BCUT2D eigenvalue weighted by Crippen LogP contribution is 2.39. The molecular weight excluding hydrogens is 354 g/mol. The summed E-state index contributed by atoms with van der Waals surface area (Å²) in [6.45, 7) is 0.707. The number of para-hydroxylation sites is 1. The molecule has 7 nitrogen and oxygen atoms in total. The number of nitrogens with zero attached hydrogens (tertiary/aromatic N) is 5. The van der Waals surface area contributed by atoms with Crippen LogP contribution in [-0.4, -0.2) is 28.7 Å². The van der Waals surface area contributed by atoms with E-state index < -0.39 is 0 Å². The molecule has 3 aromatic rings. The van der Waals surface area contributed by atoms with Gasteiger partial charge in [-0.3, -0.25) is 4.90 Å². The van der Waals surface area contributed by atoms with Gasteiger partial charge in [-0.25, -0.2) is 0 Å². The Morgan fingerprint density at radius 2 is 2.00 bits per heavy atom. The first-order valence-electron chi connectivity index (χ1n) is 8.93. The molecule has 1 unspecified atom stereocenters. The second-order valence-corrected chi connectivity index (χ2v) is 6.49. The lowest BCUT2D eigenvalue weighted by atomic mass is 9.99. The number of methoxy groups -OCH3 is 1. The highest BCUT2D eigenvalue weighted by Gasteiger charge is 2.30. The maximum atomic E-state index is 9.26. The predicted molar refractivity (Wildman–Crippen MR) is 101 cm³/mol. The Hall–Kier alpha value is -3.84.